The van der Waals surface area contributed by atoms with Gasteiger partial charge in [0.1, 0.15) is 0 Å². The molecule has 0 N–H and O–H groups in total. The molecule has 0 saturated heterocycles. The first kappa shape index (κ1) is 20.7. The molecule has 0 bridgehead atoms. The fourth-order valence-electron chi connectivity index (χ4n) is 8.14. The molecule has 0 unspecified atom stereocenters. The smallest absolute Gasteiger partial charge is 0.0645 e. The van der Waals surface area contributed by atoms with Crippen molar-refractivity contribution in [2.24, 2.45) is 0 Å². The molecule has 12 rings (SSSR count). The first-order chi connectivity index (χ1) is 40.4. The lowest BCUT2D eigenvalue weighted by atomic mass is 9.94. The zero-order valence-corrected chi connectivity index (χ0v) is 33.5. The molecule has 0 aliphatic heterocycles. The zero-order valence-electron chi connectivity index (χ0n) is 54.7. The van der Waals surface area contributed by atoms with Crippen LogP contribution in [0.25, 0.3) is 92.2 Å². The Morgan fingerprint density at radius 1 is 0.413 bits per heavy atom. The Morgan fingerprint density at radius 3 is 1.67 bits per heavy atom. The molecule has 296 valence electrons. The largest absolute Gasteiger partial charge is 0.309 e. The number of nitrogens with zero attached hydrogens (tertiary/aromatic N) is 2. The lowest BCUT2D eigenvalue weighted by molar-refractivity contribution is 1.18. The minimum Gasteiger partial charge on any atom is -0.309 e. The molecule has 2 aromatic heterocycles. The van der Waals surface area contributed by atoms with Gasteiger partial charge in [-0.2, -0.15) is 0 Å². The van der Waals surface area contributed by atoms with Crippen LogP contribution in [0.15, 0.2) is 242 Å². The number of hydrogen-bond donors (Lipinski definition) is 0. The quantitative estimate of drug-likeness (QED) is 0.148. The summed E-state index contributed by atoms with van der Waals surface area (Å²) in [5, 5.41) is 3.36. The Morgan fingerprint density at radius 2 is 0.984 bits per heavy atom. The van der Waals surface area contributed by atoms with Crippen molar-refractivity contribution in [3.63, 3.8) is 0 Å². The molecule has 2 heterocycles. The predicted molar refractivity (Wildman–Crippen MR) is 270 cm³/mol. The van der Waals surface area contributed by atoms with E-state index in [1.807, 2.05) is 84.9 Å². The molecule has 0 spiro atoms. The van der Waals surface area contributed by atoms with Crippen LogP contribution < -0.4 is 4.90 Å². The summed E-state index contributed by atoms with van der Waals surface area (Å²) in [5.41, 5.74) is -3.04. The van der Waals surface area contributed by atoms with E-state index in [-0.39, 0.29) is 11.3 Å². The third kappa shape index (κ3) is 6.41. The van der Waals surface area contributed by atoms with Gasteiger partial charge in [-0.25, -0.2) is 0 Å². The van der Waals surface area contributed by atoms with E-state index in [4.69, 9.17) is 17.8 Å². The van der Waals surface area contributed by atoms with Gasteiger partial charge in [-0.15, -0.1) is 11.3 Å². The first-order valence-electron chi connectivity index (χ1n) is 30.7. The Balaban J connectivity index is 1.31. The minimum atomic E-state index is -1.01. The Labute approximate surface area is 401 Å². The molecule has 0 amide bonds. The van der Waals surface area contributed by atoms with E-state index in [9.17, 15) is 12.3 Å². The normalized spacial score (nSPS) is 16.4. The topological polar surface area (TPSA) is 8.17 Å². The summed E-state index contributed by atoms with van der Waals surface area (Å²) in [4.78, 5) is 1.03. The number of benzene rings is 10. The highest BCUT2D eigenvalue weighted by Crippen LogP contribution is 2.51. The van der Waals surface area contributed by atoms with E-state index in [1.165, 1.54) is 11.3 Å². The predicted octanol–water partition coefficient (Wildman–Crippen LogP) is 17.3. The van der Waals surface area contributed by atoms with Crippen LogP contribution in [0.2, 0.25) is 0 Å². The maximum Gasteiger partial charge on any atom is 0.0645 e. The molecular weight excluding hydrogens is 781 g/mol. The summed E-state index contributed by atoms with van der Waals surface area (Å²) in [6.07, 6.45) is 0. The van der Waals surface area contributed by atoms with Crippen LogP contribution in [-0.4, -0.2) is 4.57 Å². The molecule has 0 aliphatic rings. The van der Waals surface area contributed by atoms with Gasteiger partial charge in [0.25, 0.3) is 0 Å². The number of hydrogen-bond acceptors (Lipinski definition) is 2. The summed E-state index contributed by atoms with van der Waals surface area (Å²) in [7, 11) is 0. The molecule has 0 saturated carbocycles. The van der Waals surface area contributed by atoms with Crippen molar-refractivity contribution in [2.75, 3.05) is 4.90 Å². The van der Waals surface area contributed by atoms with Gasteiger partial charge in [-0.3, -0.25) is 0 Å². The average molecular weight is 843 g/mol. The van der Waals surface area contributed by atoms with Crippen LogP contribution in [0.4, 0.5) is 17.1 Å². The van der Waals surface area contributed by atoms with Crippen molar-refractivity contribution < 1.29 is 30.2 Å². The van der Waals surface area contributed by atoms with Gasteiger partial charge in [0.05, 0.1) is 52.6 Å². The standard InChI is InChI=1S/C60H40N2S/c1-4-17-41(18-5-1)43-31-34-47(35-32-43)61(56-37-33-45(42-19-6-2-7-20-42)40-53(56)44-21-8-3-9-22-44)57-38-36-52-51-27-12-15-30-58(51)63-60(52)59(57)46-23-16-24-48(39-46)62-54-28-13-10-25-49(54)50-26-11-14-29-55(50)62/h1-40H/i1D,2D,3D,4D,5D,6D,7D,8D,9D,17D,18D,19D,20D,21D,22D,31D,32D,33D,34D,35D,37D,40D. The van der Waals surface area contributed by atoms with Crippen LogP contribution >= 0.6 is 11.3 Å². The van der Waals surface area contributed by atoms with E-state index in [1.54, 1.807) is 24.3 Å². The van der Waals surface area contributed by atoms with Gasteiger partial charge in [-0.1, -0.05) is 182 Å². The number of fused-ring (bicyclic) bond motifs is 6. The third-order valence-corrected chi connectivity index (χ3v) is 12.0. The molecule has 63 heavy (non-hydrogen) atoms. The monoisotopic (exact) mass is 842 g/mol. The first-order valence-corrected chi connectivity index (χ1v) is 20.5. The lowest BCUT2D eigenvalue weighted by Gasteiger charge is -2.31. The van der Waals surface area contributed by atoms with Crippen molar-refractivity contribution in [2.45, 2.75) is 0 Å². The maximum atomic E-state index is 10.3. The van der Waals surface area contributed by atoms with E-state index in [0.29, 0.717) is 21.3 Å². The summed E-state index contributed by atoms with van der Waals surface area (Å²) in [6, 6.07) is 13.6. The van der Waals surface area contributed by atoms with Gasteiger partial charge < -0.3 is 9.47 Å². The molecule has 3 heteroatoms. The van der Waals surface area contributed by atoms with Gasteiger partial charge in [-0.05, 0) is 93.9 Å². The maximum absolute atomic E-state index is 10.3. The van der Waals surface area contributed by atoms with Crippen molar-refractivity contribution in [1.82, 2.24) is 4.57 Å². The Bertz CT molecular complexity index is 4790. The van der Waals surface area contributed by atoms with E-state index >= 15 is 0 Å². The fraction of sp³-hybridized carbons (Fsp3) is 0. The van der Waals surface area contributed by atoms with Gasteiger partial charge >= 0.3 is 0 Å². The van der Waals surface area contributed by atoms with Crippen LogP contribution in [-0.2, 0) is 0 Å². The van der Waals surface area contributed by atoms with E-state index < -0.39 is 178 Å². The lowest BCUT2D eigenvalue weighted by Crippen LogP contribution is -2.13. The van der Waals surface area contributed by atoms with Crippen molar-refractivity contribution >= 4 is 70.4 Å². The van der Waals surface area contributed by atoms with E-state index in [0.717, 1.165) is 36.8 Å². The van der Waals surface area contributed by atoms with Crippen LogP contribution in [0.5, 0.6) is 0 Å². The Hall–Kier alpha value is -7.98. The number of rotatable bonds is 8. The number of aromatic nitrogens is 1. The molecule has 0 radical (unpaired) electrons. The molecular formula is C60H40N2S. The summed E-state index contributed by atoms with van der Waals surface area (Å²) in [5.74, 6) is 0. The Kier molecular flexibility index (Phi) is 5.09. The van der Waals surface area contributed by atoms with Crippen molar-refractivity contribution in [1.29, 1.82) is 0 Å². The van der Waals surface area contributed by atoms with E-state index in [2.05, 4.69) is 4.57 Å². The van der Waals surface area contributed by atoms with Crippen LogP contribution in [0.3, 0.4) is 0 Å². The van der Waals surface area contributed by atoms with Crippen LogP contribution in [0, 0.1) is 0 Å². The third-order valence-electron chi connectivity index (χ3n) is 10.8. The summed E-state index contributed by atoms with van der Waals surface area (Å²) >= 11 is 1.33. The zero-order chi connectivity index (χ0) is 60.8. The molecule has 0 atom stereocenters. The second-order valence-electron chi connectivity index (χ2n) is 14.4. The van der Waals surface area contributed by atoms with Crippen molar-refractivity contribution in [3.8, 4) is 50.2 Å². The van der Waals surface area contributed by atoms with Crippen molar-refractivity contribution in [3.05, 3.63) is 242 Å². The summed E-state index contributed by atoms with van der Waals surface area (Å²) < 4.78 is 206. The SMILES string of the molecule is [2H]c1c([2H])c([2H])c(-c2c([2H])c([2H])c(N(c3ccc4c(sc5ccccc54)c3-c3cccc(-n4c5ccccc5c5ccccc54)c3)c3c([2H])c([2H])c(-c4c([2H])c([2H])c([2H])c([2H])c4[2H])c([2H])c3-c3c([2H])c([2H])c([2H])c([2H])c3[2H])c([2H])c2[2H])c([2H])c1[2H]. The fourth-order valence-corrected chi connectivity index (χ4v) is 9.41. The molecule has 0 aliphatic carbocycles. The highest BCUT2D eigenvalue weighted by atomic mass is 32.1. The highest BCUT2D eigenvalue weighted by Gasteiger charge is 2.25. The number of thiophene rings is 1. The number of anilines is 3. The minimum absolute atomic E-state index is 0.0914. The van der Waals surface area contributed by atoms with Gasteiger partial charge in [0.15, 0.2) is 0 Å². The number of para-hydroxylation sites is 2. The second-order valence-corrected chi connectivity index (χ2v) is 15.4. The van der Waals surface area contributed by atoms with Gasteiger partial charge in [0.2, 0.25) is 0 Å². The van der Waals surface area contributed by atoms with Gasteiger partial charge in [0, 0.05) is 53.4 Å². The van der Waals surface area contributed by atoms with Crippen LogP contribution in [0.1, 0.15) is 30.2 Å². The highest BCUT2D eigenvalue weighted by molar-refractivity contribution is 7.26. The molecule has 2 nitrogen and oxygen atoms in total. The molecule has 12 aromatic rings. The molecule has 0 fully saturated rings. The second kappa shape index (κ2) is 15.5. The average Bonchev–Trinajstić information content (AvgIpc) is 1.24. The molecule has 10 aromatic carbocycles. The summed E-state index contributed by atoms with van der Waals surface area (Å²) in [6.45, 7) is 0.